The average Bonchev–Trinajstić information content (AvgIpc) is 2.63. The van der Waals surface area contributed by atoms with E-state index >= 15 is 0 Å². The quantitative estimate of drug-likeness (QED) is 0.562. The van der Waals surface area contributed by atoms with Gasteiger partial charge < -0.3 is 0 Å². The van der Waals surface area contributed by atoms with E-state index in [4.69, 9.17) is 0 Å². The van der Waals surface area contributed by atoms with Crippen molar-refractivity contribution in [1.29, 1.82) is 0 Å². The standard InChI is InChI=1S/C7H7FO3/c8-11-7(10)6-3-1-2-4(9)5(3)6/h3,5-6H,1-2H2. The smallest absolute Gasteiger partial charge is 0.299 e. The van der Waals surface area contributed by atoms with E-state index < -0.39 is 11.9 Å². The van der Waals surface area contributed by atoms with Gasteiger partial charge in [-0.15, -0.1) is 0 Å². The minimum Gasteiger partial charge on any atom is -0.299 e. The second-order valence-electron chi connectivity index (χ2n) is 3.12. The Morgan fingerprint density at radius 1 is 1.64 bits per heavy atom. The summed E-state index contributed by atoms with van der Waals surface area (Å²) >= 11 is 0. The molecule has 0 amide bonds. The Bertz CT molecular complexity index is 226. The maximum absolute atomic E-state index is 11.4. The fraction of sp³-hybridized carbons (Fsp3) is 0.714. The molecule has 2 aliphatic carbocycles. The number of carbonyl (C=O) groups is 2. The molecule has 2 rings (SSSR count). The lowest BCUT2D eigenvalue weighted by molar-refractivity contribution is -0.186. The zero-order chi connectivity index (χ0) is 8.01. The second kappa shape index (κ2) is 2.03. The van der Waals surface area contributed by atoms with Crippen molar-refractivity contribution in [3.05, 3.63) is 0 Å². The summed E-state index contributed by atoms with van der Waals surface area (Å²) in [6.45, 7) is 0. The van der Waals surface area contributed by atoms with Gasteiger partial charge in [0.2, 0.25) is 0 Å². The van der Waals surface area contributed by atoms with Gasteiger partial charge in [0.25, 0.3) is 0 Å². The van der Waals surface area contributed by atoms with Gasteiger partial charge in [0.1, 0.15) is 5.78 Å². The van der Waals surface area contributed by atoms with Crippen LogP contribution < -0.4 is 0 Å². The lowest BCUT2D eigenvalue weighted by atomic mass is 10.1. The van der Waals surface area contributed by atoms with Crippen molar-refractivity contribution in [3.8, 4) is 0 Å². The fourth-order valence-electron chi connectivity index (χ4n) is 2.02. The van der Waals surface area contributed by atoms with Gasteiger partial charge in [-0.3, -0.25) is 9.74 Å². The van der Waals surface area contributed by atoms with E-state index in [1.807, 2.05) is 0 Å². The number of hydrogen-bond acceptors (Lipinski definition) is 3. The van der Waals surface area contributed by atoms with Crippen LogP contribution >= 0.6 is 0 Å². The van der Waals surface area contributed by atoms with Gasteiger partial charge in [0.05, 0.1) is 5.92 Å². The van der Waals surface area contributed by atoms with Crippen molar-refractivity contribution in [2.75, 3.05) is 0 Å². The third kappa shape index (κ3) is 0.783. The molecule has 0 radical (unpaired) electrons. The van der Waals surface area contributed by atoms with Gasteiger partial charge in [-0.2, -0.15) is 0 Å². The molecule has 3 unspecified atom stereocenters. The molecule has 0 spiro atoms. The molecular weight excluding hydrogens is 151 g/mol. The molecule has 0 aromatic heterocycles. The second-order valence-corrected chi connectivity index (χ2v) is 3.12. The first-order chi connectivity index (χ1) is 5.25. The van der Waals surface area contributed by atoms with E-state index in [2.05, 4.69) is 4.94 Å². The minimum absolute atomic E-state index is 0.0883. The molecule has 0 aromatic rings. The molecule has 0 aromatic carbocycles. The molecule has 2 aliphatic rings. The van der Waals surface area contributed by atoms with E-state index in [1.165, 1.54) is 0 Å². The fourth-order valence-corrected chi connectivity index (χ4v) is 2.02. The first kappa shape index (κ1) is 6.76. The topological polar surface area (TPSA) is 43.4 Å². The van der Waals surface area contributed by atoms with E-state index in [1.54, 1.807) is 0 Å². The molecule has 3 nitrogen and oxygen atoms in total. The van der Waals surface area contributed by atoms with Gasteiger partial charge in [0.15, 0.2) is 0 Å². The predicted molar refractivity (Wildman–Crippen MR) is 31.9 cm³/mol. The van der Waals surface area contributed by atoms with E-state index in [0.29, 0.717) is 6.42 Å². The largest absolute Gasteiger partial charge is 0.352 e. The SMILES string of the molecule is O=C1CCC2C1C2C(=O)OF. The number of ketones is 1. The molecule has 2 fully saturated rings. The predicted octanol–water partition coefficient (Wildman–Crippen LogP) is 0.639. The Balaban J connectivity index is 2.04. The molecule has 3 atom stereocenters. The molecule has 11 heavy (non-hydrogen) atoms. The van der Waals surface area contributed by atoms with Crippen molar-refractivity contribution >= 4 is 11.8 Å². The molecule has 0 saturated heterocycles. The molecule has 2 saturated carbocycles. The minimum atomic E-state index is -0.868. The Hall–Kier alpha value is -0.930. The third-order valence-electron chi connectivity index (χ3n) is 2.61. The highest BCUT2D eigenvalue weighted by Crippen LogP contribution is 2.55. The third-order valence-corrected chi connectivity index (χ3v) is 2.61. The van der Waals surface area contributed by atoms with E-state index in [0.717, 1.165) is 6.42 Å². The maximum atomic E-state index is 11.4. The lowest BCUT2D eigenvalue weighted by Gasteiger charge is -1.95. The van der Waals surface area contributed by atoms with Crippen LogP contribution in [0, 0.1) is 17.8 Å². The molecule has 60 valence electrons. The van der Waals surface area contributed by atoms with Gasteiger partial charge in [-0.1, -0.05) is 0 Å². The van der Waals surface area contributed by atoms with Crippen LogP contribution in [0.15, 0.2) is 0 Å². The summed E-state index contributed by atoms with van der Waals surface area (Å²) < 4.78 is 11.4. The van der Waals surface area contributed by atoms with E-state index in [-0.39, 0.29) is 17.6 Å². The summed E-state index contributed by atoms with van der Waals surface area (Å²) in [6.07, 6.45) is 1.27. The van der Waals surface area contributed by atoms with Crippen molar-refractivity contribution in [2.24, 2.45) is 17.8 Å². The van der Waals surface area contributed by atoms with Crippen molar-refractivity contribution in [1.82, 2.24) is 0 Å². The highest BCUT2D eigenvalue weighted by molar-refractivity contribution is 5.94. The summed E-state index contributed by atoms with van der Waals surface area (Å²) in [5.74, 6) is -1.36. The van der Waals surface area contributed by atoms with Crippen LogP contribution in [0.1, 0.15) is 12.8 Å². The van der Waals surface area contributed by atoms with Crippen LogP contribution in [0.4, 0.5) is 4.53 Å². The Morgan fingerprint density at radius 3 is 2.82 bits per heavy atom. The average molecular weight is 158 g/mol. The first-order valence-corrected chi connectivity index (χ1v) is 3.61. The molecule has 0 N–H and O–H groups in total. The number of carbonyl (C=O) groups excluding carboxylic acids is 2. The van der Waals surface area contributed by atoms with Crippen molar-refractivity contribution in [3.63, 3.8) is 0 Å². The summed E-state index contributed by atoms with van der Waals surface area (Å²) in [5, 5.41) is 0. The highest BCUT2D eigenvalue weighted by Gasteiger charge is 2.62. The van der Waals surface area contributed by atoms with Crippen LogP contribution in [0.25, 0.3) is 0 Å². The summed E-state index contributed by atoms with van der Waals surface area (Å²) in [5.41, 5.74) is 0. The number of hydrogen-bond donors (Lipinski definition) is 0. The number of Topliss-reactive ketones (excluding diaryl/α,β-unsaturated/α-hetero) is 1. The van der Waals surface area contributed by atoms with Crippen molar-refractivity contribution < 1.29 is 19.1 Å². The molecule has 0 bridgehead atoms. The zero-order valence-electron chi connectivity index (χ0n) is 5.75. The molecule has 0 heterocycles. The summed E-state index contributed by atoms with van der Waals surface area (Å²) in [4.78, 5) is 24.6. The number of halogens is 1. The van der Waals surface area contributed by atoms with Crippen LogP contribution in [-0.2, 0) is 14.5 Å². The monoisotopic (exact) mass is 158 g/mol. The maximum Gasteiger partial charge on any atom is 0.352 e. The Labute approximate surface area is 62.4 Å². The molecule has 0 aliphatic heterocycles. The van der Waals surface area contributed by atoms with Crippen molar-refractivity contribution in [2.45, 2.75) is 12.8 Å². The van der Waals surface area contributed by atoms with Crippen LogP contribution in [0.3, 0.4) is 0 Å². The summed E-state index contributed by atoms with van der Waals surface area (Å²) in [7, 11) is 0. The first-order valence-electron chi connectivity index (χ1n) is 3.61. The Morgan fingerprint density at radius 2 is 2.36 bits per heavy atom. The Kier molecular flexibility index (Phi) is 1.25. The molecule has 4 heteroatoms. The van der Waals surface area contributed by atoms with Crippen LogP contribution in [0.5, 0.6) is 0 Å². The van der Waals surface area contributed by atoms with Gasteiger partial charge in [-0.05, 0) is 12.3 Å². The lowest BCUT2D eigenvalue weighted by Crippen LogP contribution is -2.09. The number of fused-ring (bicyclic) bond motifs is 1. The van der Waals surface area contributed by atoms with Gasteiger partial charge >= 0.3 is 5.97 Å². The van der Waals surface area contributed by atoms with Crippen LogP contribution in [-0.4, -0.2) is 11.8 Å². The van der Waals surface area contributed by atoms with Gasteiger partial charge in [0, 0.05) is 16.9 Å². The van der Waals surface area contributed by atoms with Crippen LogP contribution in [0.2, 0.25) is 0 Å². The number of rotatable bonds is 1. The van der Waals surface area contributed by atoms with Gasteiger partial charge in [-0.25, -0.2) is 4.79 Å². The molecular formula is C7H7FO3. The van der Waals surface area contributed by atoms with E-state index in [9.17, 15) is 14.1 Å². The highest BCUT2D eigenvalue weighted by atomic mass is 19.3. The normalized spacial score (nSPS) is 40.1. The zero-order valence-corrected chi connectivity index (χ0v) is 5.75. The summed E-state index contributed by atoms with van der Waals surface area (Å²) in [6, 6.07) is 0.